The predicted molar refractivity (Wildman–Crippen MR) is 77.0 cm³/mol. The minimum absolute atomic E-state index is 0.862. The molecular formula is C16H27N. The molecule has 0 spiro atoms. The summed E-state index contributed by atoms with van der Waals surface area (Å²) in [6.07, 6.45) is 6.43. The summed E-state index contributed by atoms with van der Waals surface area (Å²) in [6.45, 7) is 6.96. The minimum Gasteiger partial charge on any atom is -0.399 e. The van der Waals surface area contributed by atoms with E-state index in [2.05, 4.69) is 39.0 Å². The van der Waals surface area contributed by atoms with E-state index in [0.29, 0.717) is 0 Å². The molecule has 0 aromatic heterocycles. The predicted octanol–water partition coefficient (Wildman–Crippen LogP) is 4.66. The molecule has 96 valence electrons. The first-order chi connectivity index (χ1) is 8.15. The van der Waals surface area contributed by atoms with E-state index in [-0.39, 0.29) is 0 Å². The van der Waals surface area contributed by atoms with Crippen molar-refractivity contribution in [2.24, 2.45) is 11.8 Å². The molecule has 0 amide bonds. The van der Waals surface area contributed by atoms with Gasteiger partial charge in [-0.25, -0.2) is 0 Å². The number of nitrogens with two attached hydrogens (primary N) is 1. The standard InChI is InChI=1S/C16H27N/c1-4-13(3)11-14(5-2)9-10-15-7-6-8-16(17)12-15/h6-8,12-14H,4-5,9-11,17H2,1-3H3. The molecule has 0 aliphatic heterocycles. The largest absolute Gasteiger partial charge is 0.399 e. The van der Waals surface area contributed by atoms with E-state index in [9.17, 15) is 0 Å². The number of rotatable bonds is 7. The molecule has 0 aliphatic rings. The molecule has 0 radical (unpaired) electrons. The van der Waals surface area contributed by atoms with Crippen LogP contribution in [0.1, 0.15) is 52.0 Å². The summed E-state index contributed by atoms with van der Waals surface area (Å²) in [5.41, 5.74) is 8.07. The molecule has 0 aliphatic carbocycles. The first-order valence-electron chi connectivity index (χ1n) is 7.00. The molecule has 2 N–H and O–H groups in total. The maximum atomic E-state index is 5.80. The van der Waals surface area contributed by atoms with Gasteiger partial charge in [0.15, 0.2) is 0 Å². The summed E-state index contributed by atoms with van der Waals surface area (Å²) < 4.78 is 0. The van der Waals surface area contributed by atoms with Crippen LogP contribution in [0.2, 0.25) is 0 Å². The Labute approximate surface area is 106 Å². The van der Waals surface area contributed by atoms with Crippen molar-refractivity contribution in [1.82, 2.24) is 0 Å². The molecular weight excluding hydrogens is 206 g/mol. The molecule has 0 heterocycles. The van der Waals surface area contributed by atoms with Crippen molar-refractivity contribution in [3.05, 3.63) is 29.8 Å². The molecule has 1 heteroatoms. The first-order valence-corrected chi connectivity index (χ1v) is 7.00. The highest BCUT2D eigenvalue weighted by molar-refractivity contribution is 5.40. The molecule has 0 saturated carbocycles. The van der Waals surface area contributed by atoms with Crippen LogP contribution in [0, 0.1) is 11.8 Å². The van der Waals surface area contributed by atoms with Crippen molar-refractivity contribution in [1.29, 1.82) is 0 Å². The van der Waals surface area contributed by atoms with Crippen LogP contribution in [-0.2, 0) is 6.42 Å². The molecule has 1 nitrogen and oxygen atoms in total. The van der Waals surface area contributed by atoms with Crippen LogP contribution in [0.5, 0.6) is 0 Å². The zero-order valence-corrected chi connectivity index (χ0v) is 11.6. The van der Waals surface area contributed by atoms with Crippen LogP contribution in [-0.4, -0.2) is 0 Å². The normalized spacial score (nSPS) is 14.5. The SMILES string of the molecule is CCC(C)CC(CC)CCc1cccc(N)c1. The van der Waals surface area contributed by atoms with Crippen LogP contribution in [0.25, 0.3) is 0 Å². The number of hydrogen-bond acceptors (Lipinski definition) is 1. The van der Waals surface area contributed by atoms with Crippen LogP contribution < -0.4 is 5.73 Å². The molecule has 0 bridgehead atoms. The Bertz CT molecular complexity index is 319. The lowest BCUT2D eigenvalue weighted by molar-refractivity contribution is 0.354. The highest BCUT2D eigenvalue weighted by Crippen LogP contribution is 2.23. The van der Waals surface area contributed by atoms with Crippen molar-refractivity contribution in [3.63, 3.8) is 0 Å². The first kappa shape index (κ1) is 14.1. The van der Waals surface area contributed by atoms with Crippen LogP contribution in [0.15, 0.2) is 24.3 Å². The zero-order chi connectivity index (χ0) is 12.7. The average Bonchev–Trinajstić information content (AvgIpc) is 2.34. The fourth-order valence-corrected chi connectivity index (χ4v) is 2.34. The molecule has 1 rings (SSSR count). The van der Waals surface area contributed by atoms with Gasteiger partial charge in [-0.15, -0.1) is 0 Å². The van der Waals surface area contributed by atoms with Gasteiger partial charge in [-0.3, -0.25) is 0 Å². The Hall–Kier alpha value is -0.980. The minimum atomic E-state index is 0.862. The summed E-state index contributed by atoms with van der Waals surface area (Å²) in [6, 6.07) is 8.31. The summed E-state index contributed by atoms with van der Waals surface area (Å²) in [4.78, 5) is 0. The van der Waals surface area contributed by atoms with Gasteiger partial charge in [0.1, 0.15) is 0 Å². The second-order valence-electron chi connectivity index (χ2n) is 5.31. The van der Waals surface area contributed by atoms with Gasteiger partial charge in [0.05, 0.1) is 0 Å². The third-order valence-corrected chi connectivity index (χ3v) is 3.80. The number of nitrogen functional groups attached to an aromatic ring is 1. The van der Waals surface area contributed by atoms with E-state index in [0.717, 1.165) is 17.5 Å². The van der Waals surface area contributed by atoms with E-state index < -0.39 is 0 Å². The van der Waals surface area contributed by atoms with E-state index in [1.807, 2.05) is 6.07 Å². The Kier molecular flexibility index (Phi) is 6.10. The van der Waals surface area contributed by atoms with Gasteiger partial charge in [0.25, 0.3) is 0 Å². The molecule has 17 heavy (non-hydrogen) atoms. The monoisotopic (exact) mass is 233 g/mol. The van der Waals surface area contributed by atoms with Crippen molar-refractivity contribution >= 4 is 5.69 Å². The quantitative estimate of drug-likeness (QED) is 0.681. The third kappa shape index (κ3) is 5.25. The average molecular weight is 233 g/mol. The number of hydrogen-bond donors (Lipinski definition) is 1. The van der Waals surface area contributed by atoms with Gasteiger partial charge in [0.2, 0.25) is 0 Å². The lowest BCUT2D eigenvalue weighted by atomic mass is 9.88. The smallest absolute Gasteiger partial charge is 0.0316 e. The second kappa shape index (κ2) is 7.37. The van der Waals surface area contributed by atoms with Crippen molar-refractivity contribution in [3.8, 4) is 0 Å². The van der Waals surface area contributed by atoms with Gasteiger partial charge < -0.3 is 5.73 Å². The maximum Gasteiger partial charge on any atom is 0.0316 e. The topological polar surface area (TPSA) is 26.0 Å². The van der Waals surface area contributed by atoms with E-state index in [1.54, 1.807) is 0 Å². The highest BCUT2D eigenvalue weighted by atomic mass is 14.5. The Morgan fingerprint density at radius 2 is 1.94 bits per heavy atom. The van der Waals surface area contributed by atoms with Gasteiger partial charge in [-0.1, -0.05) is 45.7 Å². The summed E-state index contributed by atoms with van der Waals surface area (Å²) in [5, 5.41) is 0. The Morgan fingerprint density at radius 3 is 2.53 bits per heavy atom. The fourth-order valence-electron chi connectivity index (χ4n) is 2.34. The Morgan fingerprint density at radius 1 is 1.18 bits per heavy atom. The van der Waals surface area contributed by atoms with Crippen molar-refractivity contribution in [2.75, 3.05) is 5.73 Å². The van der Waals surface area contributed by atoms with Gasteiger partial charge in [-0.05, 0) is 48.8 Å². The molecule has 0 saturated heterocycles. The van der Waals surface area contributed by atoms with Gasteiger partial charge in [-0.2, -0.15) is 0 Å². The van der Waals surface area contributed by atoms with Gasteiger partial charge >= 0.3 is 0 Å². The number of aryl methyl sites for hydroxylation is 1. The highest BCUT2D eigenvalue weighted by Gasteiger charge is 2.10. The molecule has 0 fully saturated rings. The maximum absolute atomic E-state index is 5.80. The lowest BCUT2D eigenvalue weighted by Gasteiger charge is -2.18. The van der Waals surface area contributed by atoms with Gasteiger partial charge in [0, 0.05) is 5.69 Å². The molecule has 2 atom stereocenters. The van der Waals surface area contributed by atoms with Crippen molar-refractivity contribution < 1.29 is 0 Å². The van der Waals surface area contributed by atoms with Crippen molar-refractivity contribution in [2.45, 2.75) is 52.9 Å². The molecule has 1 aromatic carbocycles. The molecule has 2 unspecified atom stereocenters. The number of benzene rings is 1. The fraction of sp³-hybridized carbons (Fsp3) is 0.625. The summed E-state index contributed by atoms with van der Waals surface area (Å²) in [7, 11) is 0. The lowest BCUT2D eigenvalue weighted by Crippen LogP contribution is -2.06. The van der Waals surface area contributed by atoms with Crippen LogP contribution in [0.3, 0.4) is 0 Å². The van der Waals surface area contributed by atoms with Crippen LogP contribution >= 0.6 is 0 Å². The summed E-state index contributed by atoms with van der Waals surface area (Å²) in [5.74, 6) is 1.73. The van der Waals surface area contributed by atoms with E-state index >= 15 is 0 Å². The summed E-state index contributed by atoms with van der Waals surface area (Å²) >= 11 is 0. The van der Waals surface area contributed by atoms with E-state index in [1.165, 1.54) is 37.7 Å². The third-order valence-electron chi connectivity index (χ3n) is 3.80. The number of anilines is 1. The van der Waals surface area contributed by atoms with Crippen LogP contribution in [0.4, 0.5) is 5.69 Å². The zero-order valence-electron chi connectivity index (χ0n) is 11.6. The van der Waals surface area contributed by atoms with E-state index in [4.69, 9.17) is 5.73 Å². The molecule has 1 aromatic rings. The second-order valence-corrected chi connectivity index (χ2v) is 5.31. The Balaban J connectivity index is 2.42.